The van der Waals surface area contributed by atoms with E-state index in [9.17, 15) is 9.59 Å². The monoisotopic (exact) mass is 364 g/mol. The summed E-state index contributed by atoms with van der Waals surface area (Å²) in [6.07, 6.45) is 0. The van der Waals surface area contributed by atoms with Gasteiger partial charge in [-0.2, -0.15) is 0 Å². The molecule has 5 nitrogen and oxygen atoms in total. The fourth-order valence-electron chi connectivity index (χ4n) is 2.94. The third kappa shape index (κ3) is 4.37. The number of furan rings is 1. The highest BCUT2D eigenvalue weighted by atomic mass is 16.3. The molecule has 0 saturated carbocycles. The van der Waals surface area contributed by atoms with Gasteiger partial charge in [0.25, 0.3) is 5.91 Å². The number of rotatable bonds is 6. The number of fused-ring (bicyclic) bond motifs is 1. The molecule has 27 heavy (non-hydrogen) atoms. The van der Waals surface area contributed by atoms with Crippen molar-refractivity contribution in [3.63, 3.8) is 0 Å². The molecule has 2 amide bonds. The Morgan fingerprint density at radius 1 is 0.889 bits per heavy atom. The Labute approximate surface area is 158 Å². The van der Waals surface area contributed by atoms with Gasteiger partial charge in [0, 0.05) is 10.9 Å². The van der Waals surface area contributed by atoms with Crippen LogP contribution >= 0.6 is 0 Å². The Hall–Kier alpha value is -3.08. The van der Waals surface area contributed by atoms with E-state index in [4.69, 9.17) is 4.42 Å². The number of benzene rings is 2. The van der Waals surface area contributed by atoms with Gasteiger partial charge in [-0.15, -0.1) is 0 Å². The van der Waals surface area contributed by atoms with Crippen molar-refractivity contribution < 1.29 is 14.0 Å². The first-order valence-electron chi connectivity index (χ1n) is 9.10. The zero-order valence-electron chi connectivity index (χ0n) is 15.7. The van der Waals surface area contributed by atoms with E-state index in [1.54, 1.807) is 24.3 Å². The predicted molar refractivity (Wildman–Crippen MR) is 105 cm³/mol. The second kappa shape index (κ2) is 8.08. The molecule has 2 atom stereocenters. The van der Waals surface area contributed by atoms with Gasteiger partial charge < -0.3 is 15.1 Å². The summed E-state index contributed by atoms with van der Waals surface area (Å²) in [6, 6.07) is 17.6. The quantitative estimate of drug-likeness (QED) is 0.693. The maximum Gasteiger partial charge on any atom is 0.251 e. The first-order chi connectivity index (χ1) is 13.0. The van der Waals surface area contributed by atoms with Gasteiger partial charge in [-0.3, -0.25) is 9.59 Å². The maximum atomic E-state index is 12.8. The van der Waals surface area contributed by atoms with Crippen LogP contribution in [0.25, 0.3) is 11.0 Å². The van der Waals surface area contributed by atoms with Gasteiger partial charge in [0.05, 0.1) is 6.04 Å². The molecule has 0 fully saturated rings. The molecule has 2 unspecified atom stereocenters. The lowest BCUT2D eigenvalue weighted by Crippen LogP contribution is -2.50. The fourth-order valence-corrected chi connectivity index (χ4v) is 2.94. The summed E-state index contributed by atoms with van der Waals surface area (Å²) in [5.41, 5.74) is 1.31. The van der Waals surface area contributed by atoms with Crippen LogP contribution in [0.1, 0.15) is 42.9 Å². The minimum atomic E-state index is -0.635. The van der Waals surface area contributed by atoms with Crippen LogP contribution in [-0.4, -0.2) is 17.9 Å². The van der Waals surface area contributed by atoms with E-state index in [-0.39, 0.29) is 23.8 Å². The van der Waals surface area contributed by atoms with Gasteiger partial charge in [0.2, 0.25) is 5.91 Å². The van der Waals surface area contributed by atoms with E-state index in [0.717, 1.165) is 11.0 Å². The predicted octanol–water partition coefficient (Wildman–Crippen LogP) is 4.06. The molecular formula is C22H24N2O3. The number of nitrogens with one attached hydrogen (secondary N) is 2. The van der Waals surface area contributed by atoms with Crippen LogP contribution in [0, 0.1) is 5.92 Å². The smallest absolute Gasteiger partial charge is 0.251 e. The molecule has 1 heterocycles. The SMILES string of the molecule is CC(NC(=O)C(NC(=O)c1ccccc1)C(C)C)c1cc2ccccc2o1. The molecule has 2 aromatic carbocycles. The van der Waals surface area contributed by atoms with Crippen molar-refractivity contribution in [1.29, 1.82) is 0 Å². The van der Waals surface area contributed by atoms with E-state index in [2.05, 4.69) is 10.6 Å². The lowest BCUT2D eigenvalue weighted by atomic mass is 10.0. The summed E-state index contributed by atoms with van der Waals surface area (Å²) in [5, 5.41) is 6.77. The minimum absolute atomic E-state index is 0.0551. The van der Waals surface area contributed by atoms with Gasteiger partial charge in [0.1, 0.15) is 17.4 Å². The summed E-state index contributed by atoms with van der Waals surface area (Å²) in [6.45, 7) is 5.68. The Morgan fingerprint density at radius 2 is 1.56 bits per heavy atom. The van der Waals surface area contributed by atoms with Crippen LogP contribution < -0.4 is 10.6 Å². The first kappa shape index (κ1) is 18.7. The lowest BCUT2D eigenvalue weighted by molar-refractivity contribution is -0.124. The van der Waals surface area contributed by atoms with Crippen LogP contribution in [0.3, 0.4) is 0 Å². The third-order valence-electron chi connectivity index (χ3n) is 4.50. The van der Waals surface area contributed by atoms with Crippen LogP contribution in [0.5, 0.6) is 0 Å². The first-order valence-corrected chi connectivity index (χ1v) is 9.10. The van der Waals surface area contributed by atoms with Crippen molar-refractivity contribution in [2.24, 2.45) is 5.92 Å². The van der Waals surface area contributed by atoms with Crippen LogP contribution in [0.2, 0.25) is 0 Å². The summed E-state index contributed by atoms with van der Waals surface area (Å²) < 4.78 is 5.82. The van der Waals surface area contributed by atoms with E-state index in [0.29, 0.717) is 11.3 Å². The van der Waals surface area contributed by atoms with Gasteiger partial charge in [-0.05, 0) is 37.1 Å². The van der Waals surface area contributed by atoms with Crippen molar-refractivity contribution in [2.75, 3.05) is 0 Å². The van der Waals surface area contributed by atoms with E-state index >= 15 is 0 Å². The van der Waals surface area contributed by atoms with E-state index < -0.39 is 6.04 Å². The molecule has 0 radical (unpaired) electrons. The van der Waals surface area contributed by atoms with Gasteiger partial charge in [-0.25, -0.2) is 0 Å². The Morgan fingerprint density at radius 3 is 2.22 bits per heavy atom. The zero-order valence-corrected chi connectivity index (χ0v) is 15.7. The van der Waals surface area contributed by atoms with Crippen molar-refractivity contribution in [2.45, 2.75) is 32.9 Å². The molecular weight excluding hydrogens is 340 g/mol. The molecule has 0 spiro atoms. The largest absolute Gasteiger partial charge is 0.459 e. The second-order valence-electron chi connectivity index (χ2n) is 6.98. The van der Waals surface area contributed by atoms with Crippen LogP contribution in [0.4, 0.5) is 0 Å². The molecule has 1 aromatic heterocycles. The Bertz CT molecular complexity index is 898. The molecule has 0 aliphatic rings. The van der Waals surface area contributed by atoms with Crippen molar-refractivity contribution in [3.8, 4) is 0 Å². The number of carbonyl (C=O) groups is 2. The Balaban J connectivity index is 1.70. The number of para-hydroxylation sites is 1. The maximum absolute atomic E-state index is 12.8. The molecule has 3 aromatic rings. The van der Waals surface area contributed by atoms with Crippen molar-refractivity contribution >= 4 is 22.8 Å². The molecule has 5 heteroatoms. The van der Waals surface area contributed by atoms with Crippen LogP contribution in [-0.2, 0) is 4.79 Å². The highest BCUT2D eigenvalue weighted by Crippen LogP contribution is 2.23. The molecule has 2 N–H and O–H groups in total. The molecule has 0 aliphatic heterocycles. The third-order valence-corrected chi connectivity index (χ3v) is 4.50. The van der Waals surface area contributed by atoms with Gasteiger partial charge >= 0.3 is 0 Å². The zero-order chi connectivity index (χ0) is 19.4. The number of amides is 2. The molecule has 0 bridgehead atoms. The standard InChI is InChI=1S/C22H24N2O3/c1-14(2)20(24-21(25)16-9-5-4-6-10-16)22(26)23-15(3)19-13-17-11-7-8-12-18(17)27-19/h4-15,20H,1-3H3,(H,23,26)(H,24,25). The topological polar surface area (TPSA) is 71.3 Å². The van der Waals surface area contributed by atoms with Crippen molar-refractivity contribution in [3.05, 3.63) is 72.0 Å². The highest BCUT2D eigenvalue weighted by Gasteiger charge is 2.26. The van der Waals surface area contributed by atoms with Crippen LogP contribution in [0.15, 0.2) is 65.1 Å². The average Bonchev–Trinajstić information content (AvgIpc) is 3.10. The molecule has 140 valence electrons. The highest BCUT2D eigenvalue weighted by molar-refractivity contribution is 5.97. The fraction of sp³-hybridized carbons (Fsp3) is 0.273. The summed E-state index contributed by atoms with van der Waals surface area (Å²) >= 11 is 0. The van der Waals surface area contributed by atoms with Gasteiger partial charge in [-0.1, -0.05) is 50.2 Å². The number of hydrogen-bond donors (Lipinski definition) is 2. The normalized spacial score (nSPS) is 13.3. The molecule has 3 rings (SSSR count). The lowest BCUT2D eigenvalue weighted by Gasteiger charge is -2.23. The summed E-state index contributed by atoms with van der Waals surface area (Å²) in [5.74, 6) is 0.130. The summed E-state index contributed by atoms with van der Waals surface area (Å²) in [4.78, 5) is 25.2. The minimum Gasteiger partial charge on any atom is -0.459 e. The van der Waals surface area contributed by atoms with Gasteiger partial charge in [0.15, 0.2) is 0 Å². The number of hydrogen-bond acceptors (Lipinski definition) is 3. The molecule has 0 saturated heterocycles. The van der Waals surface area contributed by atoms with Crippen molar-refractivity contribution in [1.82, 2.24) is 10.6 Å². The van der Waals surface area contributed by atoms with E-state index in [1.165, 1.54) is 0 Å². The summed E-state index contributed by atoms with van der Waals surface area (Å²) in [7, 11) is 0. The second-order valence-corrected chi connectivity index (χ2v) is 6.98. The number of carbonyl (C=O) groups excluding carboxylic acids is 2. The molecule has 0 aliphatic carbocycles. The van der Waals surface area contributed by atoms with E-state index in [1.807, 2.05) is 57.2 Å². The average molecular weight is 364 g/mol. The Kier molecular flexibility index (Phi) is 5.60.